The van der Waals surface area contributed by atoms with E-state index in [1.54, 1.807) is 5.19 Å². The minimum atomic E-state index is -1.22. The Hall–Kier alpha value is -0.763. The molecule has 1 heterocycles. The molecule has 0 saturated heterocycles. The van der Waals surface area contributed by atoms with Crippen LogP contribution in [0.1, 0.15) is 20.8 Å². The van der Waals surface area contributed by atoms with Crippen molar-refractivity contribution in [2.75, 3.05) is 5.32 Å². The Labute approximate surface area is 87.5 Å². The van der Waals surface area contributed by atoms with Gasteiger partial charge in [0, 0.05) is 11.4 Å². The fourth-order valence-corrected chi connectivity index (χ4v) is 7.40. The van der Waals surface area contributed by atoms with Gasteiger partial charge in [0.1, 0.15) is 8.07 Å². The Morgan fingerprint density at radius 2 is 1.86 bits per heavy atom. The molecule has 1 aliphatic rings. The topological polar surface area (TPSA) is 12.0 Å². The number of hydrogen-bond acceptors (Lipinski definition) is 1. The van der Waals surface area contributed by atoms with E-state index in [2.05, 4.69) is 50.4 Å². The highest BCUT2D eigenvalue weighted by molar-refractivity contribution is 6.95. The number of hydrogen-bond donors (Lipinski definition) is 1. The van der Waals surface area contributed by atoms with Crippen LogP contribution in [0.25, 0.3) is 0 Å². The van der Waals surface area contributed by atoms with Crippen molar-refractivity contribution in [3.8, 4) is 0 Å². The third-order valence-corrected chi connectivity index (χ3v) is 9.76. The lowest BCUT2D eigenvalue weighted by Crippen LogP contribution is -2.52. The van der Waals surface area contributed by atoms with E-state index in [4.69, 9.17) is 0 Å². The summed E-state index contributed by atoms with van der Waals surface area (Å²) in [4.78, 5) is 0. The number of benzene rings is 1. The fourth-order valence-electron chi connectivity index (χ4n) is 2.89. The molecule has 1 aliphatic heterocycles. The predicted molar refractivity (Wildman–Crippen MR) is 65.9 cm³/mol. The first-order chi connectivity index (χ1) is 6.74. The summed E-state index contributed by atoms with van der Waals surface area (Å²) < 4.78 is 0. The third kappa shape index (κ3) is 1.13. The summed E-state index contributed by atoms with van der Waals surface area (Å²) in [5, 5.41) is 5.30. The Morgan fingerprint density at radius 3 is 2.50 bits per heavy atom. The molecule has 2 rings (SSSR count). The van der Waals surface area contributed by atoms with Gasteiger partial charge in [-0.2, -0.15) is 0 Å². The van der Waals surface area contributed by atoms with Gasteiger partial charge in [0.2, 0.25) is 0 Å². The quantitative estimate of drug-likeness (QED) is 0.732. The molecular formula is C12H19NSi. The van der Waals surface area contributed by atoms with Crippen molar-refractivity contribution >= 4 is 18.9 Å². The molecule has 0 amide bonds. The Morgan fingerprint density at radius 1 is 1.21 bits per heavy atom. The molecule has 1 aromatic carbocycles. The van der Waals surface area contributed by atoms with Gasteiger partial charge in [-0.05, 0) is 18.2 Å². The summed E-state index contributed by atoms with van der Waals surface area (Å²) in [5.74, 6) is 0. The number of para-hydroxylation sites is 1. The van der Waals surface area contributed by atoms with Crippen LogP contribution in [0.5, 0.6) is 0 Å². The molecule has 0 saturated carbocycles. The molecule has 0 aromatic heterocycles. The van der Waals surface area contributed by atoms with Crippen molar-refractivity contribution in [3.63, 3.8) is 0 Å². The van der Waals surface area contributed by atoms with Gasteiger partial charge in [0.25, 0.3) is 0 Å². The lowest BCUT2D eigenvalue weighted by atomic mass is 10.3. The molecule has 1 nitrogen and oxygen atoms in total. The lowest BCUT2D eigenvalue weighted by molar-refractivity contribution is 1.03. The molecule has 0 bridgehead atoms. The van der Waals surface area contributed by atoms with Gasteiger partial charge in [-0.15, -0.1) is 0 Å². The van der Waals surface area contributed by atoms with Gasteiger partial charge in [0.05, 0.1) is 0 Å². The zero-order chi connectivity index (χ0) is 10.2. The summed E-state index contributed by atoms with van der Waals surface area (Å²) in [6.07, 6.45) is 0. The average Bonchev–Trinajstić information content (AvgIpc) is 2.50. The Bertz CT molecular complexity index is 331. The molecule has 1 N–H and O–H groups in total. The largest absolute Gasteiger partial charge is 0.385 e. The van der Waals surface area contributed by atoms with Gasteiger partial charge < -0.3 is 5.32 Å². The smallest absolute Gasteiger partial charge is 0.113 e. The minimum Gasteiger partial charge on any atom is -0.385 e. The van der Waals surface area contributed by atoms with E-state index in [0.29, 0.717) is 5.67 Å². The second kappa shape index (κ2) is 3.43. The maximum atomic E-state index is 3.65. The number of fused-ring (bicyclic) bond motifs is 1. The molecule has 2 heteroatoms. The molecule has 0 spiro atoms. The van der Waals surface area contributed by atoms with E-state index >= 15 is 0 Å². The summed E-state index contributed by atoms with van der Waals surface area (Å²) in [7, 11) is -1.22. The standard InChI is InChI=1S/C12H19NSi/c1-4-14(5-2)10(3)13-11-8-6-7-9-12(11)14/h6-10,13H,4-5H2,1-3H3. The summed E-state index contributed by atoms with van der Waals surface area (Å²) >= 11 is 0. The van der Waals surface area contributed by atoms with Gasteiger partial charge >= 0.3 is 0 Å². The number of anilines is 1. The predicted octanol–water partition coefficient (Wildman–Crippen LogP) is 2.74. The monoisotopic (exact) mass is 205 g/mol. The second-order valence-electron chi connectivity index (χ2n) is 4.27. The minimum absolute atomic E-state index is 0.704. The highest BCUT2D eigenvalue weighted by Crippen LogP contribution is 2.30. The number of rotatable bonds is 2. The van der Waals surface area contributed by atoms with Crippen molar-refractivity contribution in [3.05, 3.63) is 24.3 Å². The first-order valence-corrected chi connectivity index (χ1v) is 8.09. The zero-order valence-electron chi connectivity index (χ0n) is 9.30. The van der Waals surface area contributed by atoms with Gasteiger partial charge in [-0.25, -0.2) is 0 Å². The van der Waals surface area contributed by atoms with Gasteiger partial charge in [-0.1, -0.05) is 44.1 Å². The van der Waals surface area contributed by atoms with E-state index in [-0.39, 0.29) is 0 Å². The first-order valence-electron chi connectivity index (χ1n) is 5.60. The summed E-state index contributed by atoms with van der Waals surface area (Å²) in [6, 6.07) is 11.6. The van der Waals surface area contributed by atoms with Crippen molar-refractivity contribution in [2.45, 2.75) is 38.5 Å². The second-order valence-corrected chi connectivity index (χ2v) is 9.41. The molecule has 76 valence electrons. The molecular weight excluding hydrogens is 186 g/mol. The van der Waals surface area contributed by atoms with E-state index in [0.717, 1.165) is 0 Å². The van der Waals surface area contributed by atoms with Crippen molar-refractivity contribution in [1.82, 2.24) is 0 Å². The third-order valence-electron chi connectivity index (χ3n) is 3.93. The average molecular weight is 205 g/mol. The van der Waals surface area contributed by atoms with Crippen LogP contribution in [0.2, 0.25) is 12.1 Å². The van der Waals surface area contributed by atoms with Crippen molar-refractivity contribution in [2.24, 2.45) is 0 Å². The van der Waals surface area contributed by atoms with Crippen molar-refractivity contribution in [1.29, 1.82) is 0 Å². The highest BCUT2D eigenvalue weighted by Gasteiger charge is 2.43. The maximum absolute atomic E-state index is 3.65. The van der Waals surface area contributed by atoms with E-state index in [1.165, 1.54) is 17.8 Å². The molecule has 0 fully saturated rings. The van der Waals surface area contributed by atoms with E-state index in [1.807, 2.05) is 0 Å². The molecule has 1 unspecified atom stereocenters. The van der Waals surface area contributed by atoms with Crippen LogP contribution >= 0.6 is 0 Å². The molecule has 1 atom stereocenters. The van der Waals surface area contributed by atoms with Gasteiger partial charge in [0.15, 0.2) is 0 Å². The fraction of sp³-hybridized carbons (Fsp3) is 0.500. The van der Waals surface area contributed by atoms with E-state index < -0.39 is 8.07 Å². The zero-order valence-corrected chi connectivity index (χ0v) is 10.3. The number of nitrogens with one attached hydrogen (secondary N) is 1. The van der Waals surface area contributed by atoms with Crippen LogP contribution in [0.4, 0.5) is 5.69 Å². The Balaban J connectivity index is 2.53. The molecule has 1 aromatic rings. The van der Waals surface area contributed by atoms with Crippen LogP contribution in [-0.2, 0) is 0 Å². The van der Waals surface area contributed by atoms with Crippen LogP contribution in [0, 0.1) is 0 Å². The van der Waals surface area contributed by atoms with Crippen LogP contribution < -0.4 is 10.5 Å². The van der Waals surface area contributed by atoms with Crippen LogP contribution in [-0.4, -0.2) is 13.7 Å². The Kier molecular flexibility index (Phi) is 2.39. The summed E-state index contributed by atoms with van der Waals surface area (Å²) in [6.45, 7) is 7.07. The van der Waals surface area contributed by atoms with Gasteiger partial charge in [-0.3, -0.25) is 0 Å². The maximum Gasteiger partial charge on any atom is 0.113 e. The van der Waals surface area contributed by atoms with Crippen molar-refractivity contribution < 1.29 is 0 Å². The van der Waals surface area contributed by atoms with E-state index in [9.17, 15) is 0 Å². The molecule has 0 aliphatic carbocycles. The first kappa shape index (κ1) is 9.78. The lowest BCUT2D eigenvalue weighted by Gasteiger charge is -2.29. The SMILES string of the molecule is CC[Si]1(CC)c2ccccc2NC1C. The van der Waals surface area contributed by atoms with Crippen LogP contribution in [0.3, 0.4) is 0 Å². The molecule has 0 radical (unpaired) electrons. The normalized spacial score (nSPS) is 22.9. The highest BCUT2D eigenvalue weighted by atomic mass is 28.3. The molecule has 14 heavy (non-hydrogen) atoms. The summed E-state index contributed by atoms with van der Waals surface area (Å²) in [5.41, 5.74) is 2.10. The van der Waals surface area contributed by atoms with Crippen LogP contribution in [0.15, 0.2) is 24.3 Å².